The Bertz CT molecular complexity index is 1390. The van der Waals surface area contributed by atoms with Crippen molar-refractivity contribution in [1.82, 2.24) is 24.2 Å². The summed E-state index contributed by atoms with van der Waals surface area (Å²) in [5.41, 5.74) is 1.57. The Morgan fingerprint density at radius 3 is 2.56 bits per heavy atom. The fraction of sp³-hybridized carbons (Fsp3) is 0.227. The molecule has 1 fully saturated rings. The van der Waals surface area contributed by atoms with Crippen LogP contribution in [0.2, 0.25) is 0 Å². The molecule has 164 valence electrons. The summed E-state index contributed by atoms with van der Waals surface area (Å²) in [6.45, 7) is 2.64. The molecule has 1 N–H and O–H groups in total. The molecule has 0 unspecified atom stereocenters. The van der Waals surface area contributed by atoms with Crippen LogP contribution in [0.3, 0.4) is 0 Å². The smallest absolute Gasteiger partial charge is 0.276 e. The molecule has 0 atom stereocenters. The van der Waals surface area contributed by atoms with Crippen molar-refractivity contribution in [2.75, 3.05) is 26.2 Å². The van der Waals surface area contributed by atoms with Crippen molar-refractivity contribution in [2.24, 2.45) is 0 Å². The van der Waals surface area contributed by atoms with Crippen LogP contribution in [0.4, 0.5) is 0 Å². The number of nitrogens with one attached hydrogen (secondary N) is 1. The molecule has 0 saturated carbocycles. The lowest BCUT2D eigenvalue weighted by atomic mass is 10.2. The van der Waals surface area contributed by atoms with E-state index in [1.165, 1.54) is 10.5 Å². The number of aromatic amines is 1. The molecular formula is C22H21N5O4S. The number of amides is 1. The van der Waals surface area contributed by atoms with Gasteiger partial charge in [-0.15, -0.1) is 0 Å². The Morgan fingerprint density at radius 2 is 1.81 bits per heavy atom. The molecule has 0 radical (unpaired) electrons. The number of fused-ring (bicyclic) bond motifs is 1. The van der Waals surface area contributed by atoms with E-state index in [9.17, 15) is 13.2 Å². The molecule has 4 aromatic rings. The van der Waals surface area contributed by atoms with Gasteiger partial charge in [-0.3, -0.25) is 4.79 Å². The van der Waals surface area contributed by atoms with E-state index in [1.54, 1.807) is 30.2 Å². The summed E-state index contributed by atoms with van der Waals surface area (Å²) in [6, 6.07) is 12.8. The van der Waals surface area contributed by atoms with E-state index in [-0.39, 0.29) is 42.7 Å². The second kappa shape index (κ2) is 7.88. The number of hydrogen-bond acceptors (Lipinski definition) is 6. The third-order valence-electron chi connectivity index (χ3n) is 5.58. The number of carbonyl (C=O) groups is 1. The summed E-state index contributed by atoms with van der Waals surface area (Å²) in [4.78, 5) is 26.3. The van der Waals surface area contributed by atoms with Gasteiger partial charge in [0.1, 0.15) is 16.3 Å². The van der Waals surface area contributed by atoms with E-state index in [2.05, 4.69) is 15.0 Å². The first-order valence-corrected chi connectivity index (χ1v) is 11.6. The number of pyridine rings is 1. The van der Waals surface area contributed by atoms with Gasteiger partial charge in [-0.2, -0.15) is 4.31 Å². The number of carbonyl (C=O) groups excluding carboxylic acids is 1. The predicted molar refractivity (Wildman–Crippen MR) is 117 cm³/mol. The highest BCUT2D eigenvalue weighted by molar-refractivity contribution is 7.89. The normalized spacial score (nSPS) is 15.3. The molecule has 1 amide bonds. The van der Waals surface area contributed by atoms with E-state index in [4.69, 9.17) is 4.42 Å². The van der Waals surface area contributed by atoms with Crippen LogP contribution in [0.25, 0.3) is 22.5 Å². The lowest BCUT2D eigenvalue weighted by molar-refractivity contribution is 0.0691. The van der Waals surface area contributed by atoms with E-state index < -0.39 is 10.0 Å². The standard InChI is InChI=1S/C22H21N5O4S/c1-15-19(25-21(31-15)16-6-3-2-4-7-16)22(28)26-10-12-27(13-11-26)32(29,30)18-14-24-20-17(18)8-5-9-23-20/h2-9,14H,10-13H2,1H3,(H,23,24). The quantitative estimate of drug-likeness (QED) is 0.511. The molecular weight excluding hydrogens is 430 g/mol. The third-order valence-corrected chi connectivity index (χ3v) is 7.52. The molecule has 0 aliphatic carbocycles. The van der Waals surface area contributed by atoms with Crippen LogP contribution in [0, 0.1) is 6.92 Å². The molecule has 10 heteroatoms. The van der Waals surface area contributed by atoms with Crippen LogP contribution in [0.15, 0.2) is 64.2 Å². The molecule has 0 spiro atoms. The number of benzene rings is 1. The first-order chi connectivity index (χ1) is 15.4. The van der Waals surface area contributed by atoms with E-state index in [1.807, 2.05) is 30.3 Å². The summed E-state index contributed by atoms with van der Waals surface area (Å²) in [6.07, 6.45) is 3.07. The van der Waals surface area contributed by atoms with Gasteiger partial charge in [0, 0.05) is 49.5 Å². The van der Waals surface area contributed by atoms with Gasteiger partial charge in [0.15, 0.2) is 5.69 Å². The van der Waals surface area contributed by atoms with Crippen molar-refractivity contribution >= 4 is 27.0 Å². The van der Waals surface area contributed by atoms with Crippen molar-refractivity contribution in [2.45, 2.75) is 11.8 Å². The van der Waals surface area contributed by atoms with E-state index in [0.29, 0.717) is 22.7 Å². The Balaban J connectivity index is 1.32. The highest BCUT2D eigenvalue weighted by Gasteiger charge is 2.33. The first-order valence-electron chi connectivity index (χ1n) is 10.2. The van der Waals surface area contributed by atoms with Crippen LogP contribution in [0.1, 0.15) is 16.2 Å². The number of rotatable bonds is 4. The molecule has 3 aromatic heterocycles. The van der Waals surface area contributed by atoms with Crippen LogP contribution >= 0.6 is 0 Å². The fourth-order valence-corrected chi connectivity index (χ4v) is 5.44. The maximum atomic E-state index is 13.2. The van der Waals surface area contributed by atoms with Crippen molar-refractivity contribution in [3.8, 4) is 11.5 Å². The van der Waals surface area contributed by atoms with Gasteiger partial charge in [0.2, 0.25) is 15.9 Å². The zero-order valence-corrected chi connectivity index (χ0v) is 18.2. The number of sulfonamides is 1. The van der Waals surface area contributed by atoms with Crippen LogP contribution < -0.4 is 0 Å². The second-order valence-electron chi connectivity index (χ2n) is 7.54. The second-order valence-corrected chi connectivity index (χ2v) is 9.44. The number of oxazole rings is 1. The van der Waals surface area contributed by atoms with Crippen LogP contribution in [0.5, 0.6) is 0 Å². The van der Waals surface area contributed by atoms with E-state index >= 15 is 0 Å². The monoisotopic (exact) mass is 451 g/mol. The highest BCUT2D eigenvalue weighted by atomic mass is 32.2. The summed E-state index contributed by atoms with van der Waals surface area (Å²) in [5, 5.41) is 0.553. The summed E-state index contributed by atoms with van der Waals surface area (Å²) >= 11 is 0. The minimum absolute atomic E-state index is 0.195. The Morgan fingerprint density at radius 1 is 1.06 bits per heavy atom. The average Bonchev–Trinajstić information content (AvgIpc) is 3.43. The van der Waals surface area contributed by atoms with Gasteiger partial charge in [0.05, 0.1) is 0 Å². The van der Waals surface area contributed by atoms with Gasteiger partial charge < -0.3 is 14.3 Å². The number of aromatic nitrogens is 3. The summed E-state index contributed by atoms with van der Waals surface area (Å²) in [5.74, 6) is 0.567. The maximum absolute atomic E-state index is 13.2. The van der Waals surface area contributed by atoms with Crippen LogP contribution in [-0.4, -0.2) is 64.7 Å². The van der Waals surface area contributed by atoms with Crippen molar-refractivity contribution in [3.63, 3.8) is 0 Å². The Labute approximate surface area is 184 Å². The Kier molecular flexibility index (Phi) is 5.03. The average molecular weight is 452 g/mol. The van der Waals surface area contributed by atoms with Crippen LogP contribution in [-0.2, 0) is 10.0 Å². The topological polar surface area (TPSA) is 112 Å². The molecule has 1 aliphatic rings. The number of hydrogen-bond donors (Lipinski definition) is 1. The molecule has 5 rings (SSSR count). The highest BCUT2D eigenvalue weighted by Crippen LogP contribution is 2.26. The van der Waals surface area contributed by atoms with Crippen molar-refractivity contribution < 1.29 is 17.6 Å². The van der Waals surface area contributed by atoms with Crippen molar-refractivity contribution in [3.05, 3.63) is 66.3 Å². The number of piperazine rings is 1. The maximum Gasteiger partial charge on any atom is 0.276 e. The lowest BCUT2D eigenvalue weighted by Crippen LogP contribution is -2.50. The molecule has 9 nitrogen and oxygen atoms in total. The lowest BCUT2D eigenvalue weighted by Gasteiger charge is -2.33. The largest absolute Gasteiger partial charge is 0.441 e. The summed E-state index contributed by atoms with van der Waals surface area (Å²) < 4.78 is 33.4. The molecule has 1 aliphatic heterocycles. The van der Waals surface area contributed by atoms with Gasteiger partial charge >= 0.3 is 0 Å². The van der Waals surface area contributed by atoms with Crippen molar-refractivity contribution in [1.29, 1.82) is 0 Å². The van der Waals surface area contributed by atoms with Gasteiger partial charge in [-0.05, 0) is 31.2 Å². The fourth-order valence-electron chi connectivity index (χ4n) is 3.86. The van der Waals surface area contributed by atoms with E-state index in [0.717, 1.165) is 5.56 Å². The first kappa shape index (κ1) is 20.4. The zero-order chi connectivity index (χ0) is 22.3. The minimum atomic E-state index is -3.71. The molecule has 32 heavy (non-hydrogen) atoms. The number of nitrogens with zero attached hydrogens (tertiary/aromatic N) is 4. The zero-order valence-electron chi connectivity index (χ0n) is 17.4. The SMILES string of the molecule is Cc1oc(-c2ccccc2)nc1C(=O)N1CCN(S(=O)(=O)c2c[nH]c3ncccc23)CC1. The number of H-pyrrole nitrogens is 1. The predicted octanol–water partition coefficient (Wildman–Crippen LogP) is 2.67. The Hall–Kier alpha value is -3.50. The molecule has 4 heterocycles. The van der Waals surface area contributed by atoms with Gasteiger partial charge in [0.25, 0.3) is 5.91 Å². The van der Waals surface area contributed by atoms with Gasteiger partial charge in [-0.25, -0.2) is 18.4 Å². The number of aryl methyl sites for hydroxylation is 1. The van der Waals surface area contributed by atoms with Gasteiger partial charge in [-0.1, -0.05) is 18.2 Å². The molecule has 1 saturated heterocycles. The molecule has 1 aromatic carbocycles. The minimum Gasteiger partial charge on any atom is -0.441 e. The molecule has 0 bridgehead atoms. The summed E-state index contributed by atoms with van der Waals surface area (Å²) in [7, 11) is -3.71. The third kappa shape index (κ3) is 3.47.